The maximum atomic E-state index is 12.9. The second kappa shape index (κ2) is 11.0. The number of nitrogens with zero attached hydrogens (tertiary/aromatic N) is 1. The number of carbonyl (C=O) groups is 2. The van der Waals surface area contributed by atoms with Crippen LogP contribution in [0.4, 0.5) is 5.69 Å². The molecule has 1 heterocycles. The molecule has 0 aliphatic carbocycles. The number of anilines is 1. The number of carbonyl (C=O) groups excluding carboxylic acids is 2. The molecule has 1 saturated heterocycles. The smallest absolute Gasteiger partial charge is 0.340 e. The summed E-state index contributed by atoms with van der Waals surface area (Å²) in [6.07, 6.45) is 1.44. The third-order valence-electron chi connectivity index (χ3n) is 5.20. The van der Waals surface area contributed by atoms with E-state index in [0.717, 1.165) is 19.3 Å². The van der Waals surface area contributed by atoms with Gasteiger partial charge in [-0.05, 0) is 69.2 Å². The third-order valence-corrected chi connectivity index (χ3v) is 7.42. The maximum absolute atomic E-state index is 12.9. The van der Waals surface area contributed by atoms with E-state index in [0.29, 0.717) is 31.1 Å². The van der Waals surface area contributed by atoms with E-state index in [-0.39, 0.29) is 15.5 Å². The van der Waals surface area contributed by atoms with Crippen molar-refractivity contribution in [2.75, 3.05) is 25.0 Å². The molecule has 0 aromatic heterocycles. The lowest BCUT2D eigenvalue weighted by molar-refractivity contribution is -0.123. The number of piperidine rings is 1. The fourth-order valence-corrected chi connectivity index (χ4v) is 5.14. The monoisotopic (exact) mass is 494 g/mol. The Morgan fingerprint density at radius 3 is 2.39 bits per heavy atom. The minimum absolute atomic E-state index is 0.0350. The van der Waals surface area contributed by atoms with Gasteiger partial charge in [0.15, 0.2) is 6.10 Å². The fraction of sp³-hybridized carbons (Fsp3) is 0.391. The number of rotatable bonds is 8. The van der Waals surface area contributed by atoms with Gasteiger partial charge in [0.05, 0.1) is 22.1 Å². The Kier molecular flexibility index (Phi) is 8.34. The molecule has 1 fully saturated rings. The Balaban J connectivity index is 1.68. The maximum Gasteiger partial charge on any atom is 0.340 e. The molecule has 33 heavy (non-hydrogen) atoms. The van der Waals surface area contributed by atoms with Crippen LogP contribution >= 0.6 is 11.6 Å². The van der Waals surface area contributed by atoms with Gasteiger partial charge in [-0.2, -0.15) is 4.31 Å². The molecular weight excluding hydrogens is 468 g/mol. The zero-order chi connectivity index (χ0) is 24.0. The van der Waals surface area contributed by atoms with Crippen molar-refractivity contribution in [2.45, 2.75) is 44.1 Å². The second-order valence-corrected chi connectivity index (χ2v) is 9.95. The van der Waals surface area contributed by atoms with Gasteiger partial charge in [0.1, 0.15) is 5.75 Å². The van der Waals surface area contributed by atoms with Crippen LogP contribution in [0.5, 0.6) is 5.75 Å². The normalized spacial score (nSPS) is 15.5. The molecule has 1 amide bonds. The van der Waals surface area contributed by atoms with E-state index < -0.39 is 28.0 Å². The van der Waals surface area contributed by atoms with Crippen LogP contribution in [0.25, 0.3) is 0 Å². The second-order valence-electron chi connectivity index (χ2n) is 7.60. The quantitative estimate of drug-likeness (QED) is 0.554. The Labute approximate surface area is 198 Å². The largest absolute Gasteiger partial charge is 0.494 e. The highest BCUT2D eigenvalue weighted by atomic mass is 35.5. The van der Waals surface area contributed by atoms with Crippen LogP contribution in [0.15, 0.2) is 47.4 Å². The Bertz CT molecular complexity index is 1100. The highest BCUT2D eigenvalue weighted by Gasteiger charge is 2.28. The molecule has 0 spiro atoms. The van der Waals surface area contributed by atoms with Crippen molar-refractivity contribution in [3.05, 3.63) is 53.1 Å². The van der Waals surface area contributed by atoms with Gasteiger partial charge in [-0.25, -0.2) is 13.2 Å². The number of hydrogen-bond donors (Lipinski definition) is 1. The number of benzene rings is 2. The predicted octanol–water partition coefficient (Wildman–Crippen LogP) is 4.10. The molecule has 1 aliphatic rings. The number of hydrogen-bond acceptors (Lipinski definition) is 6. The lowest BCUT2D eigenvalue weighted by Gasteiger charge is -2.26. The molecule has 0 saturated carbocycles. The van der Waals surface area contributed by atoms with Gasteiger partial charge in [-0.1, -0.05) is 18.0 Å². The first-order valence-corrected chi connectivity index (χ1v) is 12.6. The molecule has 1 atom stereocenters. The highest BCUT2D eigenvalue weighted by molar-refractivity contribution is 7.89. The minimum atomic E-state index is -3.75. The summed E-state index contributed by atoms with van der Waals surface area (Å²) >= 11 is 6.14. The fourth-order valence-electron chi connectivity index (χ4n) is 3.40. The van der Waals surface area contributed by atoms with Crippen LogP contribution in [0, 0.1) is 0 Å². The number of halogens is 1. The average molecular weight is 495 g/mol. The van der Waals surface area contributed by atoms with Gasteiger partial charge in [-0.15, -0.1) is 0 Å². The van der Waals surface area contributed by atoms with Gasteiger partial charge < -0.3 is 14.8 Å². The summed E-state index contributed by atoms with van der Waals surface area (Å²) < 4.78 is 37.9. The highest BCUT2D eigenvalue weighted by Crippen LogP contribution is 2.26. The molecule has 3 rings (SSSR count). The van der Waals surface area contributed by atoms with Crippen molar-refractivity contribution in [3.8, 4) is 5.75 Å². The van der Waals surface area contributed by atoms with Gasteiger partial charge in [0, 0.05) is 18.8 Å². The topological polar surface area (TPSA) is 102 Å². The third kappa shape index (κ3) is 6.25. The number of sulfonamides is 1. The van der Waals surface area contributed by atoms with Crippen molar-refractivity contribution in [1.82, 2.24) is 4.31 Å². The van der Waals surface area contributed by atoms with Crippen molar-refractivity contribution >= 4 is 39.2 Å². The van der Waals surface area contributed by atoms with Crippen LogP contribution in [-0.4, -0.2) is 50.4 Å². The lowest BCUT2D eigenvalue weighted by atomic mass is 10.2. The van der Waals surface area contributed by atoms with Crippen LogP contribution in [-0.2, 0) is 19.6 Å². The summed E-state index contributed by atoms with van der Waals surface area (Å²) in [7, 11) is -3.75. The van der Waals surface area contributed by atoms with Crippen molar-refractivity contribution in [3.63, 3.8) is 0 Å². The van der Waals surface area contributed by atoms with Gasteiger partial charge in [-0.3, -0.25) is 4.79 Å². The lowest BCUT2D eigenvalue weighted by Crippen LogP contribution is -2.35. The standard InChI is InChI=1S/C23H27ClN2O6S/c1-3-31-18-9-7-17(8-10-18)25-22(27)16(2)32-23(28)20-15-19(11-12-21(20)24)33(29,30)26-13-5-4-6-14-26/h7-12,15-16H,3-6,13-14H2,1-2H3,(H,25,27). The molecule has 1 N–H and O–H groups in total. The van der Waals surface area contributed by atoms with Gasteiger partial charge in [0.25, 0.3) is 5.91 Å². The molecule has 10 heteroatoms. The summed E-state index contributed by atoms with van der Waals surface area (Å²) in [6, 6.07) is 10.7. The predicted molar refractivity (Wildman–Crippen MR) is 125 cm³/mol. The summed E-state index contributed by atoms with van der Waals surface area (Å²) in [5.41, 5.74) is 0.398. The SMILES string of the molecule is CCOc1ccc(NC(=O)C(C)OC(=O)c2cc(S(=O)(=O)N3CCCCC3)ccc2Cl)cc1. The van der Waals surface area contributed by atoms with Crippen molar-refractivity contribution in [2.24, 2.45) is 0 Å². The van der Waals surface area contributed by atoms with E-state index in [9.17, 15) is 18.0 Å². The van der Waals surface area contributed by atoms with Crippen LogP contribution < -0.4 is 10.1 Å². The Morgan fingerprint density at radius 1 is 1.09 bits per heavy atom. The van der Waals surface area contributed by atoms with Crippen LogP contribution in [0.3, 0.4) is 0 Å². The van der Waals surface area contributed by atoms with E-state index in [1.165, 1.54) is 29.4 Å². The van der Waals surface area contributed by atoms with Crippen molar-refractivity contribution < 1.29 is 27.5 Å². The number of amides is 1. The molecular formula is C23H27ClN2O6S. The molecule has 178 valence electrons. The molecule has 8 nitrogen and oxygen atoms in total. The first-order valence-electron chi connectivity index (χ1n) is 10.8. The zero-order valence-electron chi connectivity index (χ0n) is 18.5. The number of esters is 1. The molecule has 2 aromatic rings. The minimum Gasteiger partial charge on any atom is -0.494 e. The van der Waals surface area contributed by atoms with E-state index >= 15 is 0 Å². The molecule has 1 aliphatic heterocycles. The first kappa shape index (κ1) is 25.0. The Hall–Kier alpha value is -2.62. The van der Waals surface area contributed by atoms with E-state index in [1.54, 1.807) is 24.3 Å². The van der Waals surface area contributed by atoms with Crippen LogP contribution in [0.1, 0.15) is 43.5 Å². The van der Waals surface area contributed by atoms with E-state index in [1.807, 2.05) is 6.92 Å². The average Bonchev–Trinajstić information content (AvgIpc) is 2.81. The molecule has 1 unspecified atom stereocenters. The van der Waals surface area contributed by atoms with Crippen molar-refractivity contribution in [1.29, 1.82) is 0 Å². The summed E-state index contributed by atoms with van der Waals surface area (Å²) in [5.74, 6) is -0.755. The summed E-state index contributed by atoms with van der Waals surface area (Å²) in [5, 5.41) is 2.69. The molecule has 0 bridgehead atoms. The summed E-state index contributed by atoms with van der Waals surface area (Å²) in [6.45, 7) is 4.70. The first-order chi connectivity index (χ1) is 15.7. The summed E-state index contributed by atoms with van der Waals surface area (Å²) in [4.78, 5) is 25.1. The van der Waals surface area contributed by atoms with E-state index in [2.05, 4.69) is 5.32 Å². The number of nitrogens with one attached hydrogen (secondary N) is 1. The molecule has 0 radical (unpaired) electrons. The van der Waals surface area contributed by atoms with E-state index in [4.69, 9.17) is 21.1 Å². The van der Waals surface area contributed by atoms with Crippen LogP contribution in [0.2, 0.25) is 5.02 Å². The molecule has 2 aromatic carbocycles. The Morgan fingerprint density at radius 2 is 1.76 bits per heavy atom. The van der Waals surface area contributed by atoms with Gasteiger partial charge >= 0.3 is 5.97 Å². The van der Waals surface area contributed by atoms with Gasteiger partial charge in [0.2, 0.25) is 10.0 Å². The number of ether oxygens (including phenoxy) is 2. The zero-order valence-corrected chi connectivity index (χ0v) is 20.1.